The fourth-order valence-electron chi connectivity index (χ4n) is 3.42. The zero-order valence-electron chi connectivity index (χ0n) is 10.4. The van der Waals surface area contributed by atoms with Crippen molar-refractivity contribution in [2.24, 2.45) is 17.6 Å². The van der Waals surface area contributed by atoms with Crippen molar-refractivity contribution in [2.75, 3.05) is 13.1 Å². The molecule has 0 aromatic heterocycles. The number of likely N-dealkylation sites (tertiary alicyclic amines) is 1. The third-order valence-corrected chi connectivity index (χ3v) is 4.51. The first-order valence-electron chi connectivity index (χ1n) is 6.91. The first-order valence-corrected chi connectivity index (χ1v) is 6.91. The quantitative estimate of drug-likeness (QED) is 0.730. The van der Waals surface area contributed by atoms with Gasteiger partial charge in [-0.25, -0.2) is 4.39 Å². The summed E-state index contributed by atoms with van der Waals surface area (Å²) in [4.78, 5) is 1.53. The van der Waals surface area contributed by atoms with Gasteiger partial charge in [0, 0.05) is 11.8 Å². The predicted molar refractivity (Wildman–Crippen MR) is 63.9 cm³/mol. The van der Waals surface area contributed by atoms with E-state index in [1.807, 2.05) is 0 Å². The molecule has 0 spiro atoms. The zero-order valence-corrected chi connectivity index (χ0v) is 10.4. The standard InChI is InChI=1S/C13H25FN2/c1-10-4-3-7-16(13(10)15)9-11-5-2-6-12(14)8-11/h10-13H,2-9,15H2,1H3/p+1. The molecule has 0 radical (unpaired) electrons. The molecule has 0 aromatic carbocycles. The lowest BCUT2D eigenvalue weighted by atomic mass is 9.86. The molecule has 2 nitrogen and oxygen atoms in total. The van der Waals surface area contributed by atoms with E-state index < -0.39 is 6.17 Å². The van der Waals surface area contributed by atoms with E-state index >= 15 is 0 Å². The van der Waals surface area contributed by atoms with Gasteiger partial charge in [-0.15, -0.1) is 0 Å². The molecule has 3 N–H and O–H groups in total. The summed E-state index contributed by atoms with van der Waals surface area (Å²) in [6, 6.07) is 0. The van der Waals surface area contributed by atoms with E-state index in [4.69, 9.17) is 5.73 Å². The number of hydrogen-bond donors (Lipinski definition) is 2. The van der Waals surface area contributed by atoms with Crippen LogP contribution in [-0.2, 0) is 0 Å². The van der Waals surface area contributed by atoms with Gasteiger partial charge >= 0.3 is 0 Å². The number of nitrogens with two attached hydrogens (primary N) is 1. The van der Waals surface area contributed by atoms with E-state index in [0.29, 0.717) is 11.8 Å². The molecular weight excluding hydrogens is 203 g/mol. The highest BCUT2D eigenvalue weighted by molar-refractivity contribution is 4.73. The number of hydrogen-bond acceptors (Lipinski definition) is 1. The fourth-order valence-corrected chi connectivity index (χ4v) is 3.42. The minimum absolute atomic E-state index is 0.286. The lowest BCUT2D eigenvalue weighted by Crippen LogP contribution is -3.19. The summed E-state index contributed by atoms with van der Waals surface area (Å²) in [5.74, 6) is 1.21. The minimum atomic E-state index is -0.545. The van der Waals surface area contributed by atoms with E-state index in [2.05, 4.69) is 6.92 Å². The highest BCUT2D eigenvalue weighted by Gasteiger charge is 2.32. The molecule has 0 aromatic rings. The summed E-state index contributed by atoms with van der Waals surface area (Å²) < 4.78 is 13.3. The SMILES string of the molecule is CC1CCC[NH+](CC2CCCC(F)C2)C1N. The first-order chi connectivity index (χ1) is 7.66. The number of alkyl halides is 1. The van der Waals surface area contributed by atoms with Gasteiger partial charge in [0.2, 0.25) is 0 Å². The Morgan fingerprint density at radius 1 is 1.25 bits per heavy atom. The topological polar surface area (TPSA) is 30.5 Å². The van der Waals surface area contributed by atoms with Crippen LogP contribution in [0.4, 0.5) is 4.39 Å². The molecule has 1 aliphatic heterocycles. The van der Waals surface area contributed by atoms with Crippen LogP contribution in [0.5, 0.6) is 0 Å². The van der Waals surface area contributed by atoms with Crippen molar-refractivity contribution in [3.8, 4) is 0 Å². The van der Waals surface area contributed by atoms with E-state index in [0.717, 1.165) is 25.8 Å². The van der Waals surface area contributed by atoms with Gasteiger partial charge in [0.1, 0.15) is 12.3 Å². The van der Waals surface area contributed by atoms with Gasteiger partial charge in [-0.1, -0.05) is 13.3 Å². The Kier molecular flexibility index (Phi) is 4.20. The van der Waals surface area contributed by atoms with Crippen LogP contribution in [0.15, 0.2) is 0 Å². The lowest BCUT2D eigenvalue weighted by Gasteiger charge is -2.37. The van der Waals surface area contributed by atoms with Crippen molar-refractivity contribution < 1.29 is 9.29 Å². The van der Waals surface area contributed by atoms with Crippen molar-refractivity contribution in [3.63, 3.8) is 0 Å². The molecule has 0 bridgehead atoms. The van der Waals surface area contributed by atoms with Gasteiger partial charge in [-0.2, -0.15) is 0 Å². The Morgan fingerprint density at radius 3 is 2.81 bits per heavy atom. The Labute approximate surface area is 98.4 Å². The second-order valence-electron chi connectivity index (χ2n) is 5.89. The molecule has 1 saturated heterocycles. The van der Waals surface area contributed by atoms with Gasteiger partial charge in [0.15, 0.2) is 0 Å². The van der Waals surface area contributed by atoms with Crippen molar-refractivity contribution in [1.29, 1.82) is 0 Å². The van der Waals surface area contributed by atoms with E-state index in [-0.39, 0.29) is 6.17 Å². The molecule has 1 heterocycles. The predicted octanol–water partition coefficient (Wildman–Crippen LogP) is 1.11. The van der Waals surface area contributed by atoms with Crippen molar-refractivity contribution in [1.82, 2.24) is 0 Å². The summed E-state index contributed by atoms with van der Waals surface area (Å²) in [6.45, 7) is 4.55. The molecule has 5 atom stereocenters. The highest BCUT2D eigenvalue weighted by atomic mass is 19.1. The summed E-state index contributed by atoms with van der Waals surface area (Å²) >= 11 is 0. The molecule has 1 aliphatic carbocycles. The number of halogens is 1. The average molecular weight is 229 g/mol. The van der Waals surface area contributed by atoms with Gasteiger partial charge < -0.3 is 4.90 Å². The van der Waals surface area contributed by atoms with Crippen LogP contribution in [-0.4, -0.2) is 25.4 Å². The Morgan fingerprint density at radius 2 is 2.06 bits per heavy atom. The third kappa shape index (κ3) is 2.95. The Bertz CT molecular complexity index is 222. The lowest BCUT2D eigenvalue weighted by molar-refractivity contribution is -0.937. The molecule has 94 valence electrons. The summed E-state index contributed by atoms with van der Waals surface area (Å²) in [7, 11) is 0. The smallest absolute Gasteiger partial charge is 0.141 e. The maximum Gasteiger partial charge on any atom is 0.141 e. The molecule has 0 amide bonds. The van der Waals surface area contributed by atoms with Crippen LogP contribution < -0.4 is 10.6 Å². The number of piperidine rings is 1. The number of nitrogens with one attached hydrogen (secondary N) is 1. The maximum absolute atomic E-state index is 13.3. The van der Waals surface area contributed by atoms with Crippen LogP contribution in [0.25, 0.3) is 0 Å². The minimum Gasteiger partial charge on any atom is -0.320 e. The molecule has 2 fully saturated rings. The summed E-state index contributed by atoms with van der Waals surface area (Å²) in [5.41, 5.74) is 6.24. The molecule has 3 heteroatoms. The molecule has 16 heavy (non-hydrogen) atoms. The van der Waals surface area contributed by atoms with Crippen LogP contribution >= 0.6 is 0 Å². The van der Waals surface area contributed by atoms with Crippen LogP contribution in [0.1, 0.15) is 45.4 Å². The van der Waals surface area contributed by atoms with Crippen LogP contribution in [0, 0.1) is 11.8 Å². The Hall–Kier alpha value is -0.150. The zero-order chi connectivity index (χ0) is 11.5. The maximum atomic E-state index is 13.3. The molecule has 1 saturated carbocycles. The summed E-state index contributed by atoms with van der Waals surface area (Å²) in [5, 5.41) is 0. The second kappa shape index (κ2) is 5.46. The normalized spacial score (nSPS) is 45.6. The largest absolute Gasteiger partial charge is 0.320 e. The van der Waals surface area contributed by atoms with Crippen LogP contribution in [0.2, 0.25) is 0 Å². The molecule has 5 unspecified atom stereocenters. The van der Waals surface area contributed by atoms with Gasteiger partial charge in [0.05, 0.1) is 13.1 Å². The van der Waals surface area contributed by atoms with Crippen molar-refractivity contribution in [2.45, 2.75) is 57.8 Å². The molecule has 2 aliphatic rings. The van der Waals surface area contributed by atoms with Crippen molar-refractivity contribution >= 4 is 0 Å². The Balaban J connectivity index is 1.83. The fraction of sp³-hybridized carbons (Fsp3) is 1.00. The van der Waals surface area contributed by atoms with Gasteiger partial charge in [0.25, 0.3) is 0 Å². The summed E-state index contributed by atoms with van der Waals surface area (Å²) in [6.07, 6.45) is 6.15. The molecular formula is C13H26FN2+. The van der Waals surface area contributed by atoms with Crippen LogP contribution in [0.3, 0.4) is 0 Å². The first kappa shape index (κ1) is 12.3. The van der Waals surface area contributed by atoms with Gasteiger partial charge in [-0.05, 0) is 32.1 Å². The number of rotatable bonds is 2. The molecule has 2 rings (SSSR count). The third-order valence-electron chi connectivity index (χ3n) is 4.51. The van der Waals surface area contributed by atoms with E-state index in [1.165, 1.54) is 30.7 Å². The second-order valence-corrected chi connectivity index (χ2v) is 5.89. The highest BCUT2D eigenvalue weighted by Crippen LogP contribution is 2.25. The van der Waals surface area contributed by atoms with Crippen molar-refractivity contribution in [3.05, 3.63) is 0 Å². The average Bonchev–Trinajstić information content (AvgIpc) is 2.25. The monoisotopic (exact) mass is 229 g/mol. The van der Waals surface area contributed by atoms with E-state index in [1.54, 1.807) is 0 Å². The van der Waals surface area contributed by atoms with Gasteiger partial charge in [-0.3, -0.25) is 5.73 Å². The van der Waals surface area contributed by atoms with E-state index in [9.17, 15) is 4.39 Å². The number of quaternary nitrogens is 1.